The molecule has 0 heterocycles. The average Bonchev–Trinajstić information content (AvgIpc) is 2.04. The molecule has 0 bridgehead atoms. The Morgan fingerprint density at radius 1 is 1.00 bits per heavy atom. The van der Waals surface area contributed by atoms with Crippen LogP contribution in [0.1, 0.15) is 50.7 Å². The number of thiol groups is 1. The molecule has 0 nitrogen and oxygen atoms in total. The molecule has 1 aromatic rings. The van der Waals surface area contributed by atoms with Crippen molar-refractivity contribution < 1.29 is 0 Å². The van der Waals surface area contributed by atoms with Crippen molar-refractivity contribution in [3.63, 3.8) is 0 Å². The van der Waals surface area contributed by atoms with Crippen molar-refractivity contribution in [1.29, 1.82) is 0 Å². The van der Waals surface area contributed by atoms with Gasteiger partial charge in [-0.25, -0.2) is 0 Å². The molecule has 0 spiro atoms. The van der Waals surface area contributed by atoms with Crippen LogP contribution in [0.2, 0.25) is 0 Å². The van der Waals surface area contributed by atoms with E-state index in [1.54, 1.807) is 0 Å². The van der Waals surface area contributed by atoms with Crippen molar-refractivity contribution in [2.75, 3.05) is 0 Å². The van der Waals surface area contributed by atoms with Crippen LogP contribution in [0.3, 0.4) is 0 Å². The van der Waals surface area contributed by atoms with Gasteiger partial charge in [-0.3, -0.25) is 0 Å². The summed E-state index contributed by atoms with van der Waals surface area (Å²) >= 11 is 4.45. The summed E-state index contributed by atoms with van der Waals surface area (Å²) in [6, 6.07) is 6.55. The first kappa shape index (κ1) is 10.6. The van der Waals surface area contributed by atoms with E-state index in [4.69, 9.17) is 0 Å². The van der Waals surface area contributed by atoms with Gasteiger partial charge in [-0.1, -0.05) is 39.8 Å². The molecule has 0 aliphatic carbocycles. The van der Waals surface area contributed by atoms with E-state index in [-0.39, 0.29) is 0 Å². The van der Waals surface area contributed by atoms with E-state index in [1.165, 1.54) is 11.1 Å². The highest BCUT2D eigenvalue weighted by Crippen LogP contribution is 2.26. The fourth-order valence-corrected chi connectivity index (χ4v) is 1.79. The maximum atomic E-state index is 4.45. The monoisotopic (exact) mass is 194 g/mol. The van der Waals surface area contributed by atoms with Crippen LogP contribution in [-0.4, -0.2) is 0 Å². The molecule has 0 aromatic heterocycles. The van der Waals surface area contributed by atoms with E-state index in [0.717, 1.165) is 4.90 Å². The first-order valence-electron chi connectivity index (χ1n) is 4.85. The van der Waals surface area contributed by atoms with Crippen LogP contribution < -0.4 is 0 Å². The van der Waals surface area contributed by atoms with Crippen molar-refractivity contribution in [1.82, 2.24) is 0 Å². The lowest BCUT2D eigenvalue weighted by Crippen LogP contribution is -1.94. The van der Waals surface area contributed by atoms with Gasteiger partial charge in [0, 0.05) is 4.90 Å². The number of hydrogen-bond acceptors (Lipinski definition) is 1. The Kier molecular flexibility index (Phi) is 3.43. The summed E-state index contributed by atoms with van der Waals surface area (Å²) in [6.45, 7) is 8.85. The van der Waals surface area contributed by atoms with Gasteiger partial charge in [0.05, 0.1) is 0 Å². The highest BCUT2D eigenvalue weighted by molar-refractivity contribution is 7.80. The molecule has 72 valence electrons. The maximum absolute atomic E-state index is 4.45. The van der Waals surface area contributed by atoms with Crippen molar-refractivity contribution in [3.05, 3.63) is 29.3 Å². The van der Waals surface area contributed by atoms with Crippen LogP contribution in [0.25, 0.3) is 0 Å². The highest BCUT2D eigenvalue weighted by atomic mass is 32.1. The van der Waals surface area contributed by atoms with Crippen LogP contribution in [0.5, 0.6) is 0 Å². The Bertz CT molecular complexity index is 287. The van der Waals surface area contributed by atoms with E-state index >= 15 is 0 Å². The summed E-state index contributed by atoms with van der Waals surface area (Å²) in [5.74, 6) is 1.16. The quantitative estimate of drug-likeness (QED) is 0.669. The molecule has 0 saturated carbocycles. The first-order chi connectivity index (χ1) is 6.02. The SMILES string of the molecule is CC(C)c1ccc(S)c(C(C)C)c1. The van der Waals surface area contributed by atoms with Crippen LogP contribution >= 0.6 is 12.6 Å². The average molecular weight is 194 g/mol. The van der Waals surface area contributed by atoms with Gasteiger partial charge in [-0.2, -0.15) is 0 Å². The molecule has 0 aliphatic heterocycles. The molecule has 0 fully saturated rings. The van der Waals surface area contributed by atoms with Gasteiger partial charge in [0.15, 0.2) is 0 Å². The molecule has 0 unspecified atom stereocenters. The Morgan fingerprint density at radius 2 is 1.62 bits per heavy atom. The zero-order chi connectivity index (χ0) is 10.0. The van der Waals surface area contributed by atoms with Gasteiger partial charge in [0.2, 0.25) is 0 Å². The Labute approximate surface area is 86.8 Å². The van der Waals surface area contributed by atoms with Crippen molar-refractivity contribution in [2.45, 2.75) is 44.4 Å². The molecule has 0 N–H and O–H groups in total. The molecular weight excluding hydrogens is 176 g/mol. The first-order valence-corrected chi connectivity index (χ1v) is 5.30. The standard InChI is InChI=1S/C12H18S/c1-8(2)10-5-6-12(13)11(7-10)9(3)4/h5-9,13H,1-4H3. The molecule has 0 atom stereocenters. The van der Waals surface area contributed by atoms with Gasteiger partial charge < -0.3 is 0 Å². The lowest BCUT2D eigenvalue weighted by atomic mass is 9.96. The van der Waals surface area contributed by atoms with Gasteiger partial charge in [-0.15, -0.1) is 12.6 Å². The zero-order valence-electron chi connectivity index (χ0n) is 8.83. The number of benzene rings is 1. The third-order valence-corrected chi connectivity index (χ3v) is 2.75. The van der Waals surface area contributed by atoms with Crippen molar-refractivity contribution >= 4 is 12.6 Å². The van der Waals surface area contributed by atoms with Gasteiger partial charge in [0.25, 0.3) is 0 Å². The zero-order valence-corrected chi connectivity index (χ0v) is 9.73. The predicted molar refractivity (Wildman–Crippen MR) is 61.9 cm³/mol. The smallest absolute Gasteiger partial charge is 0.00748 e. The topological polar surface area (TPSA) is 0 Å². The van der Waals surface area contributed by atoms with E-state index < -0.39 is 0 Å². The van der Waals surface area contributed by atoms with Gasteiger partial charge >= 0.3 is 0 Å². The second kappa shape index (κ2) is 4.19. The summed E-state index contributed by atoms with van der Waals surface area (Å²) in [5, 5.41) is 0. The fourth-order valence-electron chi connectivity index (χ4n) is 1.39. The molecule has 0 saturated heterocycles. The van der Waals surface area contributed by atoms with Crippen molar-refractivity contribution in [2.24, 2.45) is 0 Å². The molecule has 1 rings (SSSR count). The fraction of sp³-hybridized carbons (Fsp3) is 0.500. The highest BCUT2D eigenvalue weighted by Gasteiger charge is 2.06. The van der Waals surface area contributed by atoms with Crippen LogP contribution in [0.4, 0.5) is 0 Å². The van der Waals surface area contributed by atoms with E-state index in [0.29, 0.717) is 11.8 Å². The molecule has 1 heteroatoms. The Morgan fingerprint density at radius 3 is 2.08 bits per heavy atom. The minimum absolute atomic E-state index is 0.561. The minimum atomic E-state index is 0.561. The lowest BCUT2D eigenvalue weighted by Gasteiger charge is -2.13. The predicted octanol–water partition coefficient (Wildman–Crippen LogP) is 4.22. The van der Waals surface area contributed by atoms with E-state index in [1.807, 2.05) is 0 Å². The van der Waals surface area contributed by atoms with Crippen LogP contribution in [0.15, 0.2) is 23.1 Å². The molecule has 1 aromatic carbocycles. The maximum Gasteiger partial charge on any atom is 0.00748 e. The van der Waals surface area contributed by atoms with Crippen molar-refractivity contribution in [3.8, 4) is 0 Å². The third-order valence-electron chi connectivity index (χ3n) is 2.34. The number of rotatable bonds is 2. The summed E-state index contributed by atoms with van der Waals surface area (Å²) in [7, 11) is 0. The lowest BCUT2D eigenvalue weighted by molar-refractivity contribution is 0.816. The molecule has 0 aliphatic rings. The van der Waals surface area contributed by atoms with E-state index in [9.17, 15) is 0 Å². The number of hydrogen-bond donors (Lipinski definition) is 1. The van der Waals surface area contributed by atoms with Crippen LogP contribution in [-0.2, 0) is 0 Å². The Hall–Kier alpha value is -0.430. The largest absolute Gasteiger partial charge is 0.143 e. The summed E-state index contributed by atoms with van der Waals surface area (Å²) in [4.78, 5) is 1.11. The second-order valence-electron chi connectivity index (χ2n) is 4.13. The van der Waals surface area contributed by atoms with Crippen LogP contribution in [0, 0.1) is 0 Å². The van der Waals surface area contributed by atoms with Gasteiger partial charge in [0.1, 0.15) is 0 Å². The molecule has 0 amide bonds. The molecule has 0 radical (unpaired) electrons. The second-order valence-corrected chi connectivity index (χ2v) is 4.61. The normalized spacial score (nSPS) is 11.3. The molecular formula is C12H18S. The summed E-state index contributed by atoms with van der Waals surface area (Å²) in [6.07, 6.45) is 0. The third kappa shape index (κ3) is 2.50. The van der Waals surface area contributed by atoms with E-state index in [2.05, 4.69) is 58.5 Å². The summed E-state index contributed by atoms with van der Waals surface area (Å²) < 4.78 is 0. The van der Waals surface area contributed by atoms with Gasteiger partial charge in [-0.05, 0) is 29.0 Å². The summed E-state index contributed by atoms with van der Waals surface area (Å²) in [5.41, 5.74) is 2.76. The minimum Gasteiger partial charge on any atom is -0.143 e. The Balaban J connectivity index is 3.11. The molecule has 13 heavy (non-hydrogen) atoms.